The highest BCUT2D eigenvalue weighted by atomic mass is 79.9. The Kier molecular flexibility index (Phi) is 4.09. The summed E-state index contributed by atoms with van der Waals surface area (Å²) in [5.74, 6) is 0. The Morgan fingerprint density at radius 2 is 1.28 bits per heavy atom. The van der Waals surface area contributed by atoms with Crippen LogP contribution in [-0.2, 0) is 0 Å². The average Bonchev–Trinajstić information content (AvgIpc) is 2.67. The van der Waals surface area contributed by atoms with Gasteiger partial charge in [-0.15, -0.1) is 0 Å². The Morgan fingerprint density at radius 3 is 2.00 bits per heavy atom. The predicted molar refractivity (Wildman–Crippen MR) is 107 cm³/mol. The summed E-state index contributed by atoms with van der Waals surface area (Å²) in [4.78, 5) is 0. The van der Waals surface area contributed by atoms with E-state index in [0.717, 1.165) is 43.1 Å². The van der Waals surface area contributed by atoms with Crippen LogP contribution in [0.5, 0.6) is 0 Å². The quantitative estimate of drug-likeness (QED) is 0.373. The smallest absolute Gasteiger partial charge is 0.100 e. The third-order valence-corrected chi connectivity index (χ3v) is 5.11. The molecule has 0 saturated carbocycles. The van der Waals surface area contributed by atoms with Gasteiger partial charge in [0.15, 0.2) is 0 Å². The third kappa shape index (κ3) is 2.84. The number of nitrogens with zero attached hydrogens (tertiary/aromatic N) is 1. The van der Waals surface area contributed by atoms with Crippen LogP contribution in [0.25, 0.3) is 33.0 Å². The first-order valence-corrected chi connectivity index (χ1v) is 8.84. The van der Waals surface area contributed by atoms with E-state index in [2.05, 4.69) is 58.4 Å². The van der Waals surface area contributed by atoms with Crippen molar-refractivity contribution in [3.8, 4) is 28.3 Å². The fourth-order valence-corrected chi connectivity index (χ4v) is 3.67. The number of fused-ring (bicyclic) bond motifs is 1. The number of nitriles is 1. The Labute approximate surface area is 155 Å². The number of hydrogen-bond acceptors (Lipinski definition) is 1. The molecule has 0 radical (unpaired) electrons. The first-order chi connectivity index (χ1) is 12.3. The highest BCUT2D eigenvalue weighted by Crippen LogP contribution is 2.33. The predicted octanol–water partition coefficient (Wildman–Crippen LogP) is 6.81. The molecule has 1 nitrogen and oxygen atoms in total. The second-order valence-electron chi connectivity index (χ2n) is 5.88. The molecule has 0 N–H and O–H groups in total. The molecule has 0 amide bonds. The van der Waals surface area contributed by atoms with Crippen LogP contribution in [0.2, 0.25) is 0 Å². The number of benzene rings is 4. The van der Waals surface area contributed by atoms with Crippen molar-refractivity contribution < 1.29 is 0 Å². The van der Waals surface area contributed by atoms with Crippen molar-refractivity contribution in [1.29, 1.82) is 5.26 Å². The van der Waals surface area contributed by atoms with E-state index in [1.807, 2.05) is 48.5 Å². The summed E-state index contributed by atoms with van der Waals surface area (Å²) >= 11 is 3.60. The molecule has 0 aromatic heterocycles. The summed E-state index contributed by atoms with van der Waals surface area (Å²) in [6.45, 7) is 0. The van der Waals surface area contributed by atoms with E-state index >= 15 is 0 Å². The average molecular weight is 384 g/mol. The zero-order valence-electron chi connectivity index (χ0n) is 13.4. The minimum absolute atomic E-state index is 0.728. The third-order valence-electron chi connectivity index (χ3n) is 4.42. The van der Waals surface area contributed by atoms with E-state index in [4.69, 9.17) is 0 Å². The van der Waals surface area contributed by atoms with Gasteiger partial charge in [0.1, 0.15) is 6.07 Å². The molecule has 4 aromatic rings. The highest BCUT2D eigenvalue weighted by Gasteiger charge is 2.10. The fourth-order valence-electron chi connectivity index (χ4n) is 3.16. The van der Waals surface area contributed by atoms with Gasteiger partial charge in [-0.3, -0.25) is 0 Å². The topological polar surface area (TPSA) is 23.8 Å². The first kappa shape index (κ1) is 15.6. The van der Waals surface area contributed by atoms with E-state index in [1.54, 1.807) is 0 Å². The fraction of sp³-hybridized carbons (Fsp3) is 0. The lowest BCUT2D eigenvalue weighted by Gasteiger charge is -2.10. The van der Waals surface area contributed by atoms with Crippen LogP contribution in [0.4, 0.5) is 0 Å². The Morgan fingerprint density at radius 1 is 0.640 bits per heavy atom. The minimum atomic E-state index is 0.728. The molecular weight excluding hydrogens is 370 g/mol. The summed E-state index contributed by atoms with van der Waals surface area (Å²) in [5, 5.41) is 11.8. The van der Waals surface area contributed by atoms with Crippen molar-refractivity contribution in [2.75, 3.05) is 0 Å². The van der Waals surface area contributed by atoms with Crippen LogP contribution in [-0.4, -0.2) is 0 Å². The zero-order valence-corrected chi connectivity index (χ0v) is 15.0. The Bertz CT molecular complexity index is 1100. The van der Waals surface area contributed by atoms with Crippen molar-refractivity contribution >= 4 is 26.7 Å². The van der Waals surface area contributed by atoms with Crippen LogP contribution < -0.4 is 0 Å². The van der Waals surface area contributed by atoms with Crippen molar-refractivity contribution in [2.24, 2.45) is 0 Å². The van der Waals surface area contributed by atoms with Gasteiger partial charge in [0, 0.05) is 15.4 Å². The van der Waals surface area contributed by atoms with Crippen LogP contribution >= 0.6 is 15.9 Å². The highest BCUT2D eigenvalue weighted by molar-refractivity contribution is 9.10. The van der Waals surface area contributed by atoms with E-state index in [0.29, 0.717) is 0 Å². The molecular formula is C23H14BrN. The van der Waals surface area contributed by atoms with Gasteiger partial charge < -0.3 is 0 Å². The minimum Gasteiger partial charge on any atom is -0.192 e. The van der Waals surface area contributed by atoms with Crippen molar-refractivity contribution in [3.05, 3.63) is 95.0 Å². The van der Waals surface area contributed by atoms with Gasteiger partial charge in [0.2, 0.25) is 0 Å². The SMILES string of the molecule is N#Cc1c(-c2ccc(-c3ccccc3Br)cc2)ccc2ccccc12. The molecule has 2 heteroatoms. The molecule has 25 heavy (non-hydrogen) atoms. The molecule has 4 aromatic carbocycles. The van der Waals surface area contributed by atoms with Crippen molar-refractivity contribution in [3.63, 3.8) is 0 Å². The molecule has 118 valence electrons. The van der Waals surface area contributed by atoms with Crippen LogP contribution in [0.1, 0.15) is 5.56 Å². The van der Waals surface area contributed by atoms with Gasteiger partial charge in [0.25, 0.3) is 0 Å². The van der Waals surface area contributed by atoms with E-state index < -0.39 is 0 Å². The van der Waals surface area contributed by atoms with Gasteiger partial charge in [-0.05, 0) is 28.1 Å². The molecule has 0 aliphatic carbocycles. The van der Waals surface area contributed by atoms with Gasteiger partial charge in [-0.25, -0.2) is 0 Å². The lowest BCUT2D eigenvalue weighted by atomic mass is 9.93. The van der Waals surface area contributed by atoms with Crippen molar-refractivity contribution in [2.45, 2.75) is 0 Å². The lowest BCUT2D eigenvalue weighted by Crippen LogP contribution is -1.87. The molecule has 0 bridgehead atoms. The maximum Gasteiger partial charge on any atom is 0.100 e. The van der Waals surface area contributed by atoms with Crippen molar-refractivity contribution in [1.82, 2.24) is 0 Å². The molecule has 0 spiro atoms. The lowest BCUT2D eigenvalue weighted by molar-refractivity contribution is 1.49. The maximum absolute atomic E-state index is 9.69. The van der Waals surface area contributed by atoms with E-state index in [9.17, 15) is 5.26 Å². The van der Waals surface area contributed by atoms with Gasteiger partial charge in [0.05, 0.1) is 5.56 Å². The Balaban J connectivity index is 1.82. The van der Waals surface area contributed by atoms with E-state index in [1.165, 1.54) is 0 Å². The maximum atomic E-state index is 9.69. The molecule has 0 saturated heterocycles. The molecule has 0 aliphatic heterocycles. The monoisotopic (exact) mass is 383 g/mol. The number of rotatable bonds is 2. The molecule has 0 heterocycles. The summed E-state index contributed by atoms with van der Waals surface area (Å²) in [5.41, 5.74) is 5.06. The van der Waals surface area contributed by atoms with E-state index in [-0.39, 0.29) is 0 Å². The summed E-state index contributed by atoms with van der Waals surface area (Å²) in [7, 11) is 0. The normalized spacial score (nSPS) is 10.6. The van der Waals surface area contributed by atoms with Gasteiger partial charge in [-0.1, -0.05) is 94.8 Å². The summed E-state index contributed by atoms with van der Waals surface area (Å²) in [6, 6.07) is 31.1. The number of halogens is 1. The molecule has 0 unspecified atom stereocenters. The van der Waals surface area contributed by atoms with Gasteiger partial charge >= 0.3 is 0 Å². The summed E-state index contributed by atoms with van der Waals surface area (Å²) < 4.78 is 1.08. The van der Waals surface area contributed by atoms with Crippen LogP contribution in [0.15, 0.2) is 89.4 Å². The largest absolute Gasteiger partial charge is 0.192 e. The number of hydrogen-bond donors (Lipinski definition) is 0. The molecule has 0 atom stereocenters. The van der Waals surface area contributed by atoms with Gasteiger partial charge in [-0.2, -0.15) is 5.26 Å². The zero-order chi connectivity index (χ0) is 17.2. The molecule has 4 rings (SSSR count). The second kappa shape index (κ2) is 6.55. The second-order valence-corrected chi connectivity index (χ2v) is 6.73. The standard InChI is InChI=1S/C23H14BrN/c24-23-8-4-3-7-21(23)18-11-9-17(10-12-18)20-14-13-16-5-1-2-6-19(16)22(20)15-25/h1-14H. The summed E-state index contributed by atoms with van der Waals surface area (Å²) in [6.07, 6.45) is 0. The first-order valence-electron chi connectivity index (χ1n) is 8.05. The Hall–Kier alpha value is -2.89. The molecule has 0 fully saturated rings. The van der Waals surface area contributed by atoms with Crippen LogP contribution in [0, 0.1) is 11.3 Å². The van der Waals surface area contributed by atoms with Crippen LogP contribution in [0.3, 0.4) is 0 Å². The molecule has 0 aliphatic rings.